The molecule has 1 heterocycles. The summed E-state index contributed by atoms with van der Waals surface area (Å²) in [5, 5.41) is 0.963. The van der Waals surface area contributed by atoms with Gasteiger partial charge in [-0.25, -0.2) is 10.0 Å². The van der Waals surface area contributed by atoms with Crippen LogP contribution in [-0.2, 0) is 4.84 Å². The van der Waals surface area contributed by atoms with Crippen molar-refractivity contribution in [1.82, 2.24) is 10.0 Å². The lowest BCUT2D eigenvalue weighted by Crippen LogP contribution is -2.26. The molecule has 1 rings (SSSR count). The molecule has 0 atom stereocenters. The van der Waals surface area contributed by atoms with Crippen LogP contribution in [0.2, 0.25) is 5.02 Å². The molecule has 0 aromatic carbocycles. The maximum Gasteiger partial charge on any atom is 0.388 e. The average Bonchev–Trinajstić information content (AvgIpc) is 2.29. The first-order valence-corrected chi connectivity index (χ1v) is 4.76. The second-order valence-electron chi connectivity index (χ2n) is 2.87. The summed E-state index contributed by atoms with van der Waals surface area (Å²) in [4.78, 5) is 19.9. The molecule has 0 N–H and O–H groups in total. The lowest BCUT2D eigenvalue weighted by molar-refractivity contribution is -0.0774. The van der Waals surface area contributed by atoms with Crippen molar-refractivity contribution >= 4 is 17.5 Å². The summed E-state index contributed by atoms with van der Waals surface area (Å²) in [6.07, 6.45) is 1.10. The van der Waals surface area contributed by atoms with Crippen LogP contribution in [0.4, 0.5) is 8.78 Å². The van der Waals surface area contributed by atoms with Gasteiger partial charge < -0.3 is 4.74 Å². The third-order valence-corrected chi connectivity index (χ3v) is 2.02. The number of amides is 1. The van der Waals surface area contributed by atoms with Crippen molar-refractivity contribution in [2.75, 3.05) is 14.2 Å². The molecule has 0 spiro atoms. The van der Waals surface area contributed by atoms with E-state index < -0.39 is 18.4 Å². The van der Waals surface area contributed by atoms with Crippen LogP contribution < -0.4 is 4.74 Å². The Bertz CT molecular complexity index is 417. The summed E-state index contributed by atoms with van der Waals surface area (Å²) >= 11 is 5.63. The standard InChI is InChI=1S/C9H9ClF2N2O3/c1-14(16-2)8(15)6-3-5(10)4-13-7(6)17-9(11)12/h3-4,9H,1-2H3. The minimum Gasteiger partial charge on any atom is -0.416 e. The number of ether oxygens (including phenoxy) is 1. The zero-order valence-corrected chi connectivity index (χ0v) is 9.74. The number of hydrogen-bond acceptors (Lipinski definition) is 4. The fourth-order valence-corrected chi connectivity index (χ4v) is 1.17. The van der Waals surface area contributed by atoms with E-state index in [0.717, 1.165) is 11.3 Å². The number of nitrogens with zero attached hydrogens (tertiary/aromatic N) is 2. The Kier molecular flexibility index (Phi) is 4.59. The van der Waals surface area contributed by atoms with Gasteiger partial charge in [0.1, 0.15) is 5.56 Å². The fourth-order valence-electron chi connectivity index (χ4n) is 1.01. The molecule has 8 heteroatoms. The zero-order chi connectivity index (χ0) is 13.0. The van der Waals surface area contributed by atoms with E-state index in [1.807, 2.05) is 0 Å². The molecule has 1 amide bonds. The number of carbonyl (C=O) groups excluding carboxylic acids is 1. The van der Waals surface area contributed by atoms with E-state index in [4.69, 9.17) is 11.6 Å². The minimum atomic E-state index is -3.08. The Morgan fingerprint density at radius 2 is 2.24 bits per heavy atom. The minimum absolute atomic E-state index is 0.125. The number of pyridine rings is 1. The largest absolute Gasteiger partial charge is 0.416 e. The first-order chi connectivity index (χ1) is 7.95. The van der Waals surface area contributed by atoms with E-state index in [0.29, 0.717) is 0 Å². The fraction of sp³-hybridized carbons (Fsp3) is 0.333. The molecule has 0 saturated heterocycles. The van der Waals surface area contributed by atoms with E-state index in [2.05, 4.69) is 14.6 Å². The van der Waals surface area contributed by atoms with Crippen molar-refractivity contribution in [3.05, 3.63) is 22.8 Å². The first-order valence-electron chi connectivity index (χ1n) is 4.38. The smallest absolute Gasteiger partial charge is 0.388 e. The van der Waals surface area contributed by atoms with Gasteiger partial charge in [-0.3, -0.25) is 9.63 Å². The average molecular weight is 267 g/mol. The van der Waals surface area contributed by atoms with Gasteiger partial charge in [0.15, 0.2) is 0 Å². The molecule has 0 aliphatic heterocycles. The van der Waals surface area contributed by atoms with Gasteiger partial charge >= 0.3 is 6.61 Å². The molecule has 17 heavy (non-hydrogen) atoms. The molecule has 0 unspecified atom stereocenters. The normalized spacial score (nSPS) is 10.5. The number of carbonyl (C=O) groups is 1. The molecule has 0 aliphatic carbocycles. The maximum atomic E-state index is 12.1. The number of rotatable bonds is 4. The molecule has 0 aliphatic rings. The van der Waals surface area contributed by atoms with Gasteiger partial charge in [0.2, 0.25) is 5.88 Å². The van der Waals surface area contributed by atoms with E-state index >= 15 is 0 Å². The van der Waals surface area contributed by atoms with Gasteiger partial charge in [0.05, 0.1) is 12.1 Å². The summed E-state index contributed by atoms with van der Waals surface area (Å²) < 4.78 is 28.3. The van der Waals surface area contributed by atoms with Crippen molar-refractivity contribution < 1.29 is 23.1 Å². The predicted octanol–water partition coefficient (Wildman–Crippen LogP) is 1.97. The van der Waals surface area contributed by atoms with Gasteiger partial charge in [0, 0.05) is 13.2 Å². The van der Waals surface area contributed by atoms with Crippen LogP contribution in [-0.4, -0.2) is 36.7 Å². The molecular formula is C9H9ClF2N2O3. The zero-order valence-electron chi connectivity index (χ0n) is 8.99. The first kappa shape index (κ1) is 13.6. The van der Waals surface area contributed by atoms with E-state index in [1.54, 1.807) is 0 Å². The Hall–Kier alpha value is -1.47. The lowest BCUT2D eigenvalue weighted by atomic mass is 10.2. The molecule has 0 saturated carbocycles. The molecule has 0 radical (unpaired) electrons. The van der Waals surface area contributed by atoms with Crippen LogP contribution in [0.5, 0.6) is 5.88 Å². The lowest BCUT2D eigenvalue weighted by Gasteiger charge is -2.15. The van der Waals surface area contributed by atoms with Crippen molar-refractivity contribution in [2.45, 2.75) is 6.61 Å². The summed E-state index contributed by atoms with van der Waals surface area (Å²) in [6, 6.07) is 1.17. The Morgan fingerprint density at radius 3 is 2.76 bits per heavy atom. The predicted molar refractivity (Wildman–Crippen MR) is 55.0 cm³/mol. The molecule has 0 bridgehead atoms. The number of halogens is 3. The quantitative estimate of drug-likeness (QED) is 0.782. The molecule has 5 nitrogen and oxygen atoms in total. The Labute approximate surface area is 101 Å². The molecule has 1 aromatic rings. The molecular weight excluding hydrogens is 258 g/mol. The van der Waals surface area contributed by atoms with E-state index in [-0.39, 0.29) is 10.6 Å². The third-order valence-electron chi connectivity index (χ3n) is 1.81. The second kappa shape index (κ2) is 5.74. The highest BCUT2D eigenvalue weighted by Gasteiger charge is 2.21. The highest BCUT2D eigenvalue weighted by Crippen LogP contribution is 2.22. The molecule has 0 fully saturated rings. The number of alkyl halides is 2. The van der Waals surface area contributed by atoms with Gasteiger partial charge in [-0.05, 0) is 6.07 Å². The van der Waals surface area contributed by atoms with Gasteiger partial charge in [-0.15, -0.1) is 0 Å². The van der Waals surface area contributed by atoms with E-state index in [9.17, 15) is 13.6 Å². The van der Waals surface area contributed by atoms with Crippen molar-refractivity contribution in [2.24, 2.45) is 0 Å². The number of hydrogen-bond donors (Lipinski definition) is 0. The summed E-state index contributed by atoms with van der Waals surface area (Å²) in [5.74, 6) is -1.20. The molecule has 1 aromatic heterocycles. The van der Waals surface area contributed by atoms with Crippen LogP contribution in [0.3, 0.4) is 0 Å². The third kappa shape index (κ3) is 3.50. The van der Waals surface area contributed by atoms with Crippen molar-refractivity contribution in [3.8, 4) is 5.88 Å². The van der Waals surface area contributed by atoms with Gasteiger partial charge in [-0.1, -0.05) is 11.6 Å². The Morgan fingerprint density at radius 1 is 1.59 bits per heavy atom. The van der Waals surface area contributed by atoms with Crippen LogP contribution in [0.25, 0.3) is 0 Å². The van der Waals surface area contributed by atoms with Gasteiger partial charge in [-0.2, -0.15) is 8.78 Å². The van der Waals surface area contributed by atoms with Crippen LogP contribution in [0, 0.1) is 0 Å². The SMILES string of the molecule is CON(C)C(=O)c1cc(Cl)cnc1OC(F)F. The van der Waals surface area contributed by atoms with Gasteiger partial charge in [0.25, 0.3) is 5.91 Å². The summed E-state index contributed by atoms with van der Waals surface area (Å²) in [7, 11) is 2.57. The van der Waals surface area contributed by atoms with Crippen molar-refractivity contribution in [1.29, 1.82) is 0 Å². The number of hydroxylamine groups is 2. The van der Waals surface area contributed by atoms with Crippen LogP contribution in [0.1, 0.15) is 10.4 Å². The summed E-state index contributed by atoms with van der Waals surface area (Å²) in [5.41, 5.74) is -0.206. The topological polar surface area (TPSA) is 51.7 Å². The monoisotopic (exact) mass is 266 g/mol. The van der Waals surface area contributed by atoms with E-state index in [1.165, 1.54) is 20.2 Å². The highest BCUT2D eigenvalue weighted by atomic mass is 35.5. The highest BCUT2D eigenvalue weighted by molar-refractivity contribution is 6.30. The van der Waals surface area contributed by atoms with Crippen LogP contribution >= 0.6 is 11.6 Å². The second-order valence-corrected chi connectivity index (χ2v) is 3.31. The van der Waals surface area contributed by atoms with Crippen molar-refractivity contribution in [3.63, 3.8) is 0 Å². The maximum absolute atomic E-state index is 12.1. The number of aromatic nitrogens is 1. The van der Waals surface area contributed by atoms with Crippen LogP contribution in [0.15, 0.2) is 12.3 Å². The molecule has 94 valence electrons. The Balaban J connectivity index is 3.10. The summed E-state index contributed by atoms with van der Waals surface area (Å²) in [6.45, 7) is -3.08.